The third-order valence-electron chi connectivity index (χ3n) is 3.55. The first kappa shape index (κ1) is 17.5. The van der Waals surface area contributed by atoms with E-state index in [1.54, 1.807) is 0 Å². The van der Waals surface area contributed by atoms with Crippen molar-refractivity contribution in [2.45, 2.75) is 24.7 Å². The summed E-state index contributed by atoms with van der Waals surface area (Å²) < 4.78 is 45.9. The van der Waals surface area contributed by atoms with Crippen LogP contribution < -0.4 is 4.74 Å². The van der Waals surface area contributed by atoms with Gasteiger partial charge in [-0.15, -0.1) is 0 Å². The van der Waals surface area contributed by atoms with Crippen LogP contribution in [0.25, 0.3) is 0 Å². The number of nitrogens with zero attached hydrogens (tertiary/aromatic N) is 2. The lowest BCUT2D eigenvalue weighted by atomic mass is 10.2. The van der Waals surface area contributed by atoms with Crippen LogP contribution in [-0.4, -0.2) is 66.1 Å². The minimum atomic E-state index is -4.45. The molecule has 0 unspecified atom stereocenters. The second-order valence-corrected chi connectivity index (χ2v) is 5.18. The molecule has 0 bridgehead atoms. The number of carbonyl (C=O) groups is 1. The van der Waals surface area contributed by atoms with Crippen LogP contribution in [0.15, 0.2) is 18.3 Å². The number of alkyl halides is 3. The summed E-state index contributed by atoms with van der Waals surface area (Å²) in [5.41, 5.74) is 0.208. The molecule has 1 saturated heterocycles. The summed E-state index contributed by atoms with van der Waals surface area (Å²) in [7, 11) is 1.53. The fourth-order valence-electron chi connectivity index (χ4n) is 2.38. The van der Waals surface area contributed by atoms with Crippen LogP contribution in [-0.2, 0) is 4.74 Å². The number of halogens is 3. The van der Waals surface area contributed by atoms with Gasteiger partial charge in [-0.1, -0.05) is 0 Å². The summed E-state index contributed by atoms with van der Waals surface area (Å²) >= 11 is 0. The molecule has 1 aliphatic heterocycles. The number of carbonyl (C=O) groups excluding carboxylic acids is 1. The van der Waals surface area contributed by atoms with Crippen LogP contribution in [0.1, 0.15) is 16.8 Å². The predicted molar refractivity (Wildman–Crippen MR) is 73.1 cm³/mol. The van der Waals surface area contributed by atoms with Crippen LogP contribution in [0.2, 0.25) is 0 Å². The molecule has 1 aliphatic rings. The number of hydrogen-bond acceptors (Lipinski definition) is 5. The van der Waals surface area contributed by atoms with Crippen LogP contribution >= 0.6 is 0 Å². The van der Waals surface area contributed by atoms with E-state index >= 15 is 0 Å². The zero-order chi connectivity index (χ0) is 17.0. The molecule has 0 saturated carbocycles. The molecule has 2 atom stereocenters. The fraction of sp³-hybridized carbons (Fsp3) is 0.571. The summed E-state index contributed by atoms with van der Waals surface area (Å²) in [6.45, 7) is -1.29. The lowest BCUT2D eigenvalue weighted by molar-refractivity contribution is -0.154. The van der Waals surface area contributed by atoms with Crippen LogP contribution in [0, 0.1) is 0 Å². The molecule has 2 rings (SSSR count). The molecule has 0 radical (unpaired) electrons. The Kier molecular flexibility index (Phi) is 5.42. The first-order valence-electron chi connectivity index (χ1n) is 6.94. The lowest BCUT2D eigenvalue weighted by Gasteiger charge is -2.22. The van der Waals surface area contributed by atoms with Gasteiger partial charge in [-0.25, -0.2) is 4.98 Å². The van der Waals surface area contributed by atoms with Gasteiger partial charge in [-0.3, -0.25) is 4.79 Å². The first-order chi connectivity index (χ1) is 10.8. The SMILES string of the molecule is CO[C@@H]1C[C@@H](CO)N(C(=O)c2ccc(OCC(F)(F)F)nc2)C1. The Morgan fingerprint density at radius 1 is 1.48 bits per heavy atom. The first-order valence-corrected chi connectivity index (χ1v) is 6.94. The summed E-state index contributed by atoms with van der Waals surface area (Å²) in [6, 6.07) is 2.19. The Morgan fingerprint density at radius 2 is 2.22 bits per heavy atom. The number of rotatable bonds is 5. The van der Waals surface area contributed by atoms with E-state index in [2.05, 4.69) is 9.72 Å². The zero-order valence-electron chi connectivity index (χ0n) is 12.4. The molecule has 2 heterocycles. The van der Waals surface area contributed by atoms with Crippen molar-refractivity contribution in [3.05, 3.63) is 23.9 Å². The van der Waals surface area contributed by atoms with Crippen molar-refractivity contribution in [1.29, 1.82) is 0 Å². The number of hydrogen-bond donors (Lipinski definition) is 1. The van der Waals surface area contributed by atoms with Gasteiger partial charge >= 0.3 is 6.18 Å². The van der Waals surface area contributed by atoms with Gasteiger partial charge in [-0.2, -0.15) is 13.2 Å². The van der Waals surface area contributed by atoms with E-state index in [1.807, 2.05) is 0 Å². The maximum absolute atomic E-state index is 12.4. The Balaban J connectivity index is 2.02. The summed E-state index contributed by atoms with van der Waals surface area (Å²) in [6.07, 6.45) is -2.92. The van der Waals surface area contributed by atoms with Crippen molar-refractivity contribution >= 4 is 5.91 Å². The molecule has 0 spiro atoms. The Bertz CT molecular complexity index is 536. The van der Waals surface area contributed by atoms with Gasteiger partial charge in [-0.05, 0) is 12.5 Å². The van der Waals surface area contributed by atoms with Crippen molar-refractivity contribution in [2.75, 3.05) is 26.9 Å². The van der Waals surface area contributed by atoms with Crippen molar-refractivity contribution < 1.29 is 32.5 Å². The van der Waals surface area contributed by atoms with Gasteiger partial charge in [0.25, 0.3) is 5.91 Å². The molecule has 0 aliphatic carbocycles. The molecule has 6 nitrogen and oxygen atoms in total. The van der Waals surface area contributed by atoms with E-state index in [0.717, 1.165) is 6.20 Å². The highest BCUT2D eigenvalue weighted by Gasteiger charge is 2.35. The number of aromatic nitrogens is 1. The Labute approximate surface area is 130 Å². The van der Waals surface area contributed by atoms with Crippen LogP contribution in [0.3, 0.4) is 0 Å². The molecule has 1 N–H and O–H groups in total. The Morgan fingerprint density at radius 3 is 2.74 bits per heavy atom. The highest BCUT2D eigenvalue weighted by Crippen LogP contribution is 2.23. The number of aliphatic hydroxyl groups is 1. The molecule has 1 fully saturated rings. The van der Waals surface area contributed by atoms with Crippen molar-refractivity contribution in [1.82, 2.24) is 9.88 Å². The molecule has 9 heteroatoms. The smallest absolute Gasteiger partial charge is 0.422 e. The molecule has 128 valence electrons. The van der Waals surface area contributed by atoms with Crippen molar-refractivity contribution in [3.8, 4) is 5.88 Å². The number of amides is 1. The summed E-state index contributed by atoms with van der Waals surface area (Å²) in [5, 5.41) is 9.34. The van der Waals surface area contributed by atoms with E-state index in [1.165, 1.54) is 24.1 Å². The highest BCUT2D eigenvalue weighted by atomic mass is 19.4. The molecule has 1 aromatic rings. The average molecular weight is 334 g/mol. The minimum absolute atomic E-state index is 0.154. The quantitative estimate of drug-likeness (QED) is 0.877. The topological polar surface area (TPSA) is 71.9 Å². The molecular formula is C14H17F3N2O4. The second-order valence-electron chi connectivity index (χ2n) is 5.18. The van der Waals surface area contributed by atoms with E-state index in [-0.39, 0.29) is 36.1 Å². The minimum Gasteiger partial charge on any atom is -0.468 e. The molecule has 1 amide bonds. The summed E-state index contributed by atoms with van der Waals surface area (Å²) in [4.78, 5) is 17.6. The van der Waals surface area contributed by atoms with Gasteiger partial charge in [0, 0.05) is 25.9 Å². The average Bonchev–Trinajstić information content (AvgIpc) is 2.95. The van der Waals surface area contributed by atoms with E-state index in [9.17, 15) is 23.1 Å². The van der Waals surface area contributed by atoms with Crippen molar-refractivity contribution in [2.24, 2.45) is 0 Å². The second kappa shape index (κ2) is 7.14. The van der Waals surface area contributed by atoms with Gasteiger partial charge in [0.1, 0.15) is 0 Å². The standard InChI is InChI=1S/C14H17F3N2O4/c1-22-11-4-10(7-20)19(6-11)13(21)9-2-3-12(18-5-9)23-8-14(15,16)17/h2-3,5,10-11,20H,4,6-8H2,1H3/t10-,11+/m0/s1. The van der Waals surface area contributed by atoms with Gasteiger partial charge in [0.2, 0.25) is 5.88 Å². The van der Waals surface area contributed by atoms with E-state index in [4.69, 9.17) is 4.74 Å². The van der Waals surface area contributed by atoms with Crippen LogP contribution in [0.5, 0.6) is 5.88 Å². The molecular weight excluding hydrogens is 317 g/mol. The summed E-state index contributed by atoms with van der Waals surface area (Å²) in [5.74, 6) is -0.577. The third-order valence-corrected chi connectivity index (χ3v) is 3.55. The van der Waals surface area contributed by atoms with Gasteiger partial charge in [0.05, 0.1) is 24.3 Å². The predicted octanol–water partition coefficient (Wildman–Crippen LogP) is 1.24. The zero-order valence-corrected chi connectivity index (χ0v) is 12.4. The molecule has 1 aromatic heterocycles. The van der Waals surface area contributed by atoms with Crippen molar-refractivity contribution in [3.63, 3.8) is 0 Å². The number of methoxy groups -OCH3 is 1. The normalized spacial score (nSPS) is 21.5. The van der Waals surface area contributed by atoms with Crippen LogP contribution in [0.4, 0.5) is 13.2 Å². The maximum atomic E-state index is 12.4. The number of pyridine rings is 1. The lowest BCUT2D eigenvalue weighted by Crippen LogP contribution is -2.38. The maximum Gasteiger partial charge on any atom is 0.422 e. The largest absolute Gasteiger partial charge is 0.468 e. The van der Waals surface area contributed by atoms with Gasteiger partial charge in [0.15, 0.2) is 6.61 Å². The molecule has 0 aromatic carbocycles. The monoisotopic (exact) mass is 334 g/mol. The molecule has 23 heavy (non-hydrogen) atoms. The number of ether oxygens (including phenoxy) is 2. The van der Waals surface area contributed by atoms with Gasteiger partial charge < -0.3 is 19.5 Å². The van der Waals surface area contributed by atoms with E-state index < -0.39 is 12.8 Å². The number of likely N-dealkylation sites (tertiary alicyclic amines) is 1. The number of aliphatic hydroxyl groups excluding tert-OH is 1. The highest BCUT2D eigenvalue weighted by molar-refractivity contribution is 5.94. The fourth-order valence-corrected chi connectivity index (χ4v) is 2.38. The Hall–Kier alpha value is -1.87. The third kappa shape index (κ3) is 4.55. The van der Waals surface area contributed by atoms with E-state index in [0.29, 0.717) is 13.0 Å².